The lowest BCUT2D eigenvalue weighted by atomic mass is 10.2. The van der Waals surface area contributed by atoms with Gasteiger partial charge in [-0.2, -0.15) is 0 Å². The highest BCUT2D eigenvalue weighted by molar-refractivity contribution is 7.10. The Hall–Kier alpha value is -2.84. The first kappa shape index (κ1) is 17.0. The van der Waals surface area contributed by atoms with Crippen molar-refractivity contribution in [1.82, 2.24) is 19.2 Å². The van der Waals surface area contributed by atoms with Gasteiger partial charge in [-0.25, -0.2) is 0 Å². The van der Waals surface area contributed by atoms with Crippen LogP contribution in [0.5, 0.6) is 0 Å². The van der Waals surface area contributed by atoms with Crippen LogP contribution in [0.4, 0.5) is 11.6 Å². The van der Waals surface area contributed by atoms with Gasteiger partial charge in [-0.1, -0.05) is 69.6 Å². The molecule has 6 nitrogen and oxygen atoms in total. The largest absolute Gasteiger partial charge is 0.381 e. The minimum Gasteiger partial charge on any atom is -0.381 e. The topological polar surface area (TPSA) is 89.6 Å². The van der Waals surface area contributed by atoms with E-state index in [-0.39, 0.29) is 0 Å². The number of hydrogen-bond donors (Lipinski definition) is 2. The molecule has 25 heavy (non-hydrogen) atoms. The van der Waals surface area contributed by atoms with E-state index in [9.17, 15) is 0 Å². The second kappa shape index (κ2) is 8.32. The lowest BCUT2D eigenvalue weighted by Crippen LogP contribution is -1.89. The molecule has 0 saturated carbocycles. The quantitative estimate of drug-likeness (QED) is 0.567. The molecular formula is C17H16N6S2. The fraction of sp³-hybridized carbons (Fsp3) is 0.0588. The van der Waals surface area contributed by atoms with E-state index in [0.717, 1.165) is 26.7 Å². The third-order valence-corrected chi connectivity index (χ3v) is 4.88. The standard InChI is InChI=1S/C9H9N3S.C8H7N3S/c1-10-9-8(13-12-11-9)7-5-3-2-4-6-7;9-8-7(12-11-10-8)6-4-2-1-3-5-6/h2-6,10H,1H3;1-5H,9H2. The Bertz CT molecular complexity index is 905. The van der Waals surface area contributed by atoms with E-state index in [1.165, 1.54) is 23.1 Å². The molecule has 2 aromatic heterocycles. The molecule has 0 aliphatic rings. The normalized spacial score (nSPS) is 9.96. The van der Waals surface area contributed by atoms with Crippen LogP contribution in [0.2, 0.25) is 0 Å². The minimum absolute atomic E-state index is 0.506. The van der Waals surface area contributed by atoms with E-state index in [0.29, 0.717) is 5.82 Å². The number of benzene rings is 2. The average Bonchev–Trinajstić information content (AvgIpc) is 3.32. The Morgan fingerprint density at radius 2 is 1.28 bits per heavy atom. The fourth-order valence-electron chi connectivity index (χ4n) is 2.12. The highest BCUT2D eigenvalue weighted by Crippen LogP contribution is 2.28. The Labute approximate surface area is 153 Å². The molecule has 0 bridgehead atoms. The summed E-state index contributed by atoms with van der Waals surface area (Å²) in [4.78, 5) is 2.03. The second-order valence-corrected chi connectivity index (χ2v) is 6.43. The molecule has 2 heterocycles. The first-order chi connectivity index (χ1) is 12.3. The molecule has 0 aliphatic heterocycles. The summed E-state index contributed by atoms with van der Waals surface area (Å²) in [6, 6.07) is 20.0. The van der Waals surface area contributed by atoms with Gasteiger partial charge in [0, 0.05) is 7.05 Å². The lowest BCUT2D eigenvalue weighted by molar-refractivity contribution is 1.15. The molecule has 4 aromatic rings. The van der Waals surface area contributed by atoms with Crippen LogP contribution in [0, 0.1) is 0 Å². The Morgan fingerprint density at radius 3 is 1.80 bits per heavy atom. The molecule has 2 aromatic carbocycles. The van der Waals surface area contributed by atoms with Crippen LogP contribution < -0.4 is 11.1 Å². The Kier molecular flexibility index (Phi) is 5.65. The molecule has 0 saturated heterocycles. The van der Waals surface area contributed by atoms with Crippen LogP contribution in [0.1, 0.15) is 0 Å². The smallest absolute Gasteiger partial charge is 0.169 e. The van der Waals surface area contributed by atoms with Crippen LogP contribution >= 0.6 is 23.1 Å². The van der Waals surface area contributed by atoms with E-state index in [4.69, 9.17) is 5.73 Å². The zero-order valence-electron chi connectivity index (χ0n) is 13.5. The number of nitrogens with zero attached hydrogens (tertiary/aromatic N) is 4. The predicted molar refractivity (Wildman–Crippen MR) is 105 cm³/mol. The van der Waals surface area contributed by atoms with Crippen molar-refractivity contribution in [2.24, 2.45) is 0 Å². The molecule has 8 heteroatoms. The fourth-order valence-corrected chi connectivity index (χ4v) is 3.38. The molecule has 4 rings (SSSR count). The highest BCUT2D eigenvalue weighted by atomic mass is 32.1. The number of rotatable bonds is 3. The average molecular weight is 368 g/mol. The van der Waals surface area contributed by atoms with Crippen molar-refractivity contribution >= 4 is 34.7 Å². The maximum atomic E-state index is 5.61. The zero-order chi connectivity index (χ0) is 17.5. The van der Waals surface area contributed by atoms with E-state index < -0.39 is 0 Å². The summed E-state index contributed by atoms with van der Waals surface area (Å²) in [5, 5.41) is 10.7. The molecule has 126 valence electrons. The summed E-state index contributed by atoms with van der Waals surface area (Å²) in [5.41, 5.74) is 7.84. The number of nitrogen functional groups attached to an aromatic ring is 1. The molecule has 0 fully saturated rings. The summed E-state index contributed by atoms with van der Waals surface area (Å²) in [6.45, 7) is 0. The molecule has 0 radical (unpaired) electrons. The molecule has 0 amide bonds. The van der Waals surface area contributed by atoms with Gasteiger partial charge < -0.3 is 11.1 Å². The first-order valence-corrected chi connectivity index (χ1v) is 9.03. The van der Waals surface area contributed by atoms with Gasteiger partial charge in [0.25, 0.3) is 0 Å². The SMILES string of the molecule is CNc1nnsc1-c1ccccc1.Nc1nnsc1-c1ccccc1. The molecular weight excluding hydrogens is 352 g/mol. The Balaban J connectivity index is 0.000000146. The predicted octanol–water partition coefficient (Wildman–Crippen LogP) is 4.03. The number of nitrogens with two attached hydrogens (primary N) is 1. The highest BCUT2D eigenvalue weighted by Gasteiger charge is 2.07. The monoisotopic (exact) mass is 368 g/mol. The van der Waals surface area contributed by atoms with Crippen LogP contribution in [0.3, 0.4) is 0 Å². The summed E-state index contributed by atoms with van der Waals surface area (Å²) in [6.07, 6.45) is 0. The van der Waals surface area contributed by atoms with Gasteiger partial charge in [-0.05, 0) is 34.2 Å². The number of nitrogens with one attached hydrogen (secondary N) is 1. The molecule has 0 atom stereocenters. The second-order valence-electron chi connectivity index (χ2n) is 4.92. The maximum absolute atomic E-state index is 5.61. The van der Waals surface area contributed by atoms with Gasteiger partial charge in [0.1, 0.15) is 0 Å². The number of anilines is 2. The lowest BCUT2D eigenvalue weighted by Gasteiger charge is -1.98. The van der Waals surface area contributed by atoms with Crippen molar-refractivity contribution in [3.63, 3.8) is 0 Å². The van der Waals surface area contributed by atoms with Crippen molar-refractivity contribution in [2.75, 3.05) is 18.1 Å². The van der Waals surface area contributed by atoms with Crippen LogP contribution in [0.15, 0.2) is 60.7 Å². The first-order valence-electron chi connectivity index (χ1n) is 7.48. The third-order valence-electron chi connectivity index (χ3n) is 3.31. The molecule has 0 unspecified atom stereocenters. The summed E-state index contributed by atoms with van der Waals surface area (Å²) < 4.78 is 7.66. The van der Waals surface area contributed by atoms with E-state index in [2.05, 4.69) is 36.6 Å². The summed E-state index contributed by atoms with van der Waals surface area (Å²) in [5.74, 6) is 1.35. The summed E-state index contributed by atoms with van der Waals surface area (Å²) >= 11 is 2.72. The summed E-state index contributed by atoms with van der Waals surface area (Å²) in [7, 11) is 1.85. The van der Waals surface area contributed by atoms with E-state index >= 15 is 0 Å². The van der Waals surface area contributed by atoms with Gasteiger partial charge >= 0.3 is 0 Å². The van der Waals surface area contributed by atoms with Crippen molar-refractivity contribution in [1.29, 1.82) is 0 Å². The maximum Gasteiger partial charge on any atom is 0.169 e. The zero-order valence-corrected chi connectivity index (χ0v) is 15.1. The van der Waals surface area contributed by atoms with Crippen molar-refractivity contribution in [3.8, 4) is 20.9 Å². The number of aromatic nitrogens is 4. The van der Waals surface area contributed by atoms with Crippen LogP contribution in [0.25, 0.3) is 20.9 Å². The van der Waals surface area contributed by atoms with Crippen molar-refractivity contribution in [2.45, 2.75) is 0 Å². The molecule has 0 aliphatic carbocycles. The van der Waals surface area contributed by atoms with Gasteiger partial charge in [-0.15, -0.1) is 10.2 Å². The minimum atomic E-state index is 0.506. The van der Waals surface area contributed by atoms with Gasteiger partial charge in [0.15, 0.2) is 11.6 Å². The molecule has 0 spiro atoms. The van der Waals surface area contributed by atoms with E-state index in [1.807, 2.05) is 55.6 Å². The van der Waals surface area contributed by atoms with Gasteiger partial charge in [-0.3, -0.25) is 0 Å². The van der Waals surface area contributed by atoms with Crippen LogP contribution in [-0.4, -0.2) is 26.2 Å². The van der Waals surface area contributed by atoms with Crippen LogP contribution in [-0.2, 0) is 0 Å². The molecule has 3 N–H and O–H groups in total. The van der Waals surface area contributed by atoms with Crippen molar-refractivity contribution < 1.29 is 0 Å². The van der Waals surface area contributed by atoms with Gasteiger partial charge in [0.2, 0.25) is 0 Å². The van der Waals surface area contributed by atoms with E-state index in [1.54, 1.807) is 0 Å². The Morgan fingerprint density at radius 1 is 0.760 bits per heavy atom. The van der Waals surface area contributed by atoms with Crippen molar-refractivity contribution in [3.05, 3.63) is 60.7 Å². The third kappa shape index (κ3) is 4.17. The number of hydrogen-bond acceptors (Lipinski definition) is 8. The van der Waals surface area contributed by atoms with Gasteiger partial charge in [0.05, 0.1) is 9.75 Å².